The van der Waals surface area contributed by atoms with Gasteiger partial charge < -0.3 is 20.8 Å². The van der Waals surface area contributed by atoms with Crippen molar-refractivity contribution in [2.75, 3.05) is 6.54 Å². The summed E-state index contributed by atoms with van der Waals surface area (Å²) in [6, 6.07) is 4.34. The highest BCUT2D eigenvalue weighted by molar-refractivity contribution is 5.78. The molecule has 0 saturated heterocycles. The van der Waals surface area contributed by atoms with E-state index >= 15 is 0 Å². The van der Waals surface area contributed by atoms with E-state index in [-0.39, 0.29) is 36.0 Å². The van der Waals surface area contributed by atoms with E-state index < -0.39 is 0 Å². The van der Waals surface area contributed by atoms with Crippen molar-refractivity contribution in [3.05, 3.63) is 23.8 Å². The summed E-state index contributed by atoms with van der Waals surface area (Å²) in [6.07, 6.45) is 0. The lowest BCUT2D eigenvalue weighted by molar-refractivity contribution is -0.120. The van der Waals surface area contributed by atoms with Crippen LogP contribution >= 0.6 is 0 Å². The number of carbonyl (C=O) groups excluding carboxylic acids is 1. The topological polar surface area (TPSA) is 81.6 Å². The van der Waals surface area contributed by atoms with E-state index in [1.54, 1.807) is 6.07 Å². The van der Waals surface area contributed by atoms with Crippen molar-refractivity contribution in [1.82, 2.24) is 10.6 Å². The Morgan fingerprint density at radius 3 is 2.50 bits per heavy atom. The van der Waals surface area contributed by atoms with Gasteiger partial charge in [-0.05, 0) is 26.8 Å². The molecule has 1 atom stereocenters. The summed E-state index contributed by atoms with van der Waals surface area (Å²) in [5.74, 6) is -0.0598. The second kappa shape index (κ2) is 6.26. The number of rotatable bonds is 5. The molecule has 0 saturated carbocycles. The van der Waals surface area contributed by atoms with Gasteiger partial charge >= 0.3 is 0 Å². The van der Waals surface area contributed by atoms with E-state index in [4.69, 9.17) is 0 Å². The van der Waals surface area contributed by atoms with E-state index in [1.807, 2.05) is 20.8 Å². The summed E-state index contributed by atoms with van der Waals surface area (Å²) in [4.78, 5) is 11.5. The minimum absolute atomic E-state index is 0.0132. The summed E-state index contributed by atoms with van der Waals surface area (Å²) in [7, 11) is 0. The zero-order chi connectivity index (χ0) is 13.7. The van der Waals surface area contributed by atoms with Crippen LogP contribution in [-0.2, 0) is 4.79 Å². The third kappa shape index (κ3) is 4.25. The Labute approximate surface area is 107 Å². The van der Waals surface area contributed by atoms with Gasteiger partial charge in [-0.3, -0.25) is 4.79 Å². The number of amides is 1. The molecule has 0 radical (unpaired) electrons. The normalized spacial score (nSPS) is 12.4. The van der Waals surface area contributed by atoms with E-state index in [0.717, 1.165) is 0 Å². The number of phenolic OH excluding ortho intramolecular Hbond substituents is 2. The molecule has 4 N–H and O–H groups in total. The molecule has 0 aliphatic heterocycles. The monoisotopic (exact) mass is 252 g/mol. The highest BCUT2D eigenvalue weighted by atomic mass is 16.3. The second-order valence-electron chi connectivity index (χ2n) is 4.57. The quantitative estimate of drug-likeness (QED) is 0.636. The molecule has 1 amide bonds. The fourth-order valence-corrected chi connectivity index (χ4v) is 1.63. The van der Waals surface area contributed by atoms with Crippen LogP contribution in [-0.4, -0.2) is 28.7 Å². The predicted octanol–water partition coefficient (Wildman–Crippen LogP) is 1.27. The Balaban J connectivity index is 2.55. The Kier molecular flexibility index (Phi) is 4.97. The molecule has 1 aromatic carbocycles. The molecule has 1 unspecified atom stereocenters. The van der Waals surface area contributed by atoms with E-state index in [0.29, 0.717) is 5.56 Å². The summed E-state index contributed by atoms with van der Waals surface area (Å²) in [5, 5.41) is 24.6. The molecule has 5 heteroatoms. The van der Waals surface area contributed by atoms with E-state index in [9.17, 15) is 15.0 Å². The van der Waals surface area contributed by atoms with Gasteiger partial charge in [0.15, 0.2) is 0 Å². The molecular formula is C13H20N2O3. The number of hydrogen-bond acceptors (Lipinski definition) is 4. The SMILES string of the molecule is CC(C)NC(=O)CNC(C)c1ccc(O)cc1O. The molecule has 100 valence electrons. The van der Waals surface area contributed by atoms with Gasteiger partial charge in [0.1, 0.15) is 11.5 Å². The highest BCUT2D eigenvalue weighted by Crippen LogP contribution is 2.27. The van der Waals surface area contributed by atoms with Gasteiger partial charge in [-0.1, -0.05) is 6.07 Å². The number of nitrogens with one attached hydrogen (secondary N) is 2. The van der Waals surface area contributed by atoms with Crippen LogP contribution in [0.4, 0.5) is 0 Å². The molecule has 0 aliphatic carbocycles. The number of phenols is 2. The summed E-state index contributed by atoms with van der Waals surface area (Å²) in [5.41, 5.74) is 0.644. The lowest BCUT2D eigenvalue weighted by Gasteiger charge is -2.16. The molecular weight excluding hydrogens is 232 g/mol. The van der Waals surface area contributed by atoms with Crippen LogP contribution in [0.15, 0.2) is 18.2 Å². The van der Waals surface area contributed by atoms with Crippen LogP contribution in [0.3, 0.4) is 0 Å². The van der Waals surface area contributed by atoms with E-state index in [1.165, 1.54) is 12.1 Å². The molecule has 0 bridgehead atoms. The summed E-state index contributed by atoms with van der Waals surface area (Å²) in [6.45, 7) is 5.81. The van der Waals surface area contributed by atoms with Crippen LogP contribution in [0.1, 0.15) is 32.4 Å². The van der Waals surface area contributed by atoms with Crippen molar-refractivity contribution >= 4 is 5.91 Å². The minimum Gasteiger partial charge on any atom is -0.508 e. The van der Waals surface area contributed by atoms with E-state index in [2.05, 4.69) is 10.6 Å². The average Bonchev–Trinajstić information content (AvgIpc) is 2.25. The number of benzene rings is 1. The average molecular weight is 252 g/mol. The first-order valence-electron chi connectivity index (χ1n) is 5.94. The second-order valence-corrected chi connectivity index (χ2v) is 4.57. The van der Waals surface area contributed by atoms with Gasteiger partial charge in [0.05, 0.1) is 6.54 Å². The predicted molar refractivity (Wildman–Crippen MR) is 69.5 cm³/mol. The Bertz CT molecular complexity index is 419. The van der Waals surface area contributed by atoms with Gasteiger partial charge in [-0.15, -0.1) is 0 Å². The van der Waals surface area contributed by atoms with Gasteiger partial charge in [-0.2, -0.15) is 0 Å². The Morgan fingerprint density at radius 1 is 1.28 bits per heavy atom. The first-order valence-corrected chi connectivity index (χ1v) is 5.94. The third-order valence-corrected chi connectivity index (χ3v) is 2.50. The van der Waals surface area contributed by atoms with Crippen LogP contribution in [0.2, 0.25) is 0 Å². The maximum Gasteiger partial charge on any atom is 0.234 e. The van der Waals surface area contributed by atoms with Gasteiger partial charge in [0.25, 0.3) is 0 Å². The molecule has 1 aromatic rings. The minimum atomic E-state index is -0.177. The zero-order valence-corrected chi connectivity index (χ0v) is 10.9. The third-order valence-electron chi connectivity index (χ3n) is 2.50. The van der Waals surface area contributed by atoms with Crippen LogP contribution in [0.5, 0.6) is 11.5 Å². The molecule has 0 heterocycles. The van der Waals surface area contributed by atoms with Crippen LogP contribution in [0.25, 0.3) is 0 Å². The van der Waals surface area contributed by atoms with Crippen molar-refractivity contribution < 1.29 is 15.0 Å². The van der Waals surface area contributed by atoms with Crippen molar-refractivity contribution in [1.29, 1.82) is 0 Å². The lowest BCUT2D eigenvalue weighted by Crippen LogP contribution is -2.38. The number of carbonyl (C=O) groups is 1. The molecule has 0 spiro atoms. The number of hydrogen-bond donors (Lipinski definition) is 4. The van der Waals surface area contributed by atoms with Crippen LogP contribution < -0.4 is 10.6 Å². The van der Waals surface area contributed by atoms with Crippen molar-refractivity contribution in [3.8, 4) is 11.5 Å². The zero-order valence-electron chi connectivity index (χ0n) is 10.9. The van der Waals surface area contributed by atoms with Gasteiger partial charge in [-0.25, -0.2) is 0 Å². The van der Waals surface area contributed by atoms with Crippen molar-refractivity contribution in [3.63, 3.8) is 0 Å². The first kappa shape index (κ1) is 14.3. The lowest BCUT2D eigenvalue weighted by atomic mass is 10.1. The summed E-state index contributed by atoms with van der Waals surface area (Å²) < 4.78 is 0. The largest absolute Gasteiger partial charge is 0.508 e. The highest BCUT2D eigenvalue weighted by Gasteiger charge is 2.12. The van der Waals surface area contributed by atoms with Crippen molar-refractivity contribution in [2.45, 2.75) is 32.9 Å². The Morgan fingerprint density at radius 2 is 1.94 bits per heavy atom. The maximum absolute atomic E-state index is 11.5. The Hall–Kier alpha value is -1.75. The molecule has 5 nitrogen and oxygen atoms in total. The fourth-order valence-electron chi connectivity index (χ4n) is 1.63. The summed E-state index contributed by atoms with van der Waals surface area (Å²) >= 11 is 0. The van der Waals surface area contributed by atoms with Crippen molar-refractivity contribution in [2.24, 2.45) is 0 Å². The van der Waals surface area contributed by atoms with Crippen LogP contribution in [0, 0.1) is 0 Å². The standard InChI is InChI=1S/C13H20N2O3/c1-8(2)15-13(18)7-14-9(3)11-5-4-10(16)6-12(11)17/h4-6,8-9,14,16-17H,7H2,1-3H3,(H,15,18). The fraction of sp³-hybridized carbons (Fsp3) is 0.462. The molecule has 0 aromatic heterocycles. The number of aromatic hydroxyl groups is 2. The smallest absolute Gasteiger partial charge is 0.234 e. The molecule has 0 fully saturated rings. The van der Waals surface area contributed by atoms with Gasteiger partial charge in [0, 0.05) is 23.7 Å². The maximum atomic E-state index is 11.5. The van der Waals surface area contributed by atoms with Gasteiger partial charge in [0.2, 0.25) is 5.91 Å². The first-order chi connectivity index (χ1) is 8.40. The molecule has 0 aliphatic rings. The molecule has 18 heavy (non-hydrogen) atoms. The molecule has 1 rings (SSSR count).